The van der Waals surface area contributed by atoms with E-state index in [9.17, 15) is 22.4 Å². The number of sulfonamides is 1. The van der Waals surface area contributed by atoms with E-state index in [1.165, 1.54) is 30.4 Å². The molecule has 45 heavy (non-hydrogen) atoms. The lowest BCUT2D eigenvalue weighted by atomic mass is 10.0. The summed E-state index contributed by atoms with van der Waals surface area (Å²) in [6.45, 7) is 3.00. The molecule has 1 saturated carbocycles. The second kappa shape index (κ2) is 13.9. The van der Waals surface area contributed by atoms with E-state index < -0.39 is 15.8 Å². The molecule has 0 atom stereocenters. The number of nitrogens with one attached hydrogen (secondary N) is 1. The molecule has 0 unspecified atom stereocenters. The molecule has 0 bridgehead atoms. The zero-order valence-corrected chi connectivity index (χ0v) is 26.4. The summed E-state index contributed by atoms with van der Waals surface area (Å²) in [6, 6.07) is 16.5. The summed E-state index contributed by atoms with van der Waals surface area (Å²) >= 11 is 0. The number of rotatable bonds is 15. The number of benzene rings is 3. The standard InChI is InChI=1S/C34H37FN2O7S/c1-22(38)26-7-4-6-23(18-26)21-43-16-5-15-42-17-14-37(45(3,40)41)30-20-31-29(19-28(30)24-8-9-24)32(34(39)36-2)33(44-31)25-10-12-27(35)13-11-25/h4,6-7,10-13,18-20,24H,5,8-9,14-17,21H2,1-3H3,(H,36,39). The van der Waals surface area contributed by atoms with Crippen LogP contribution in [-0.2, 0) is 26.1 Å². The third-order valence-corrected chi connectivity index (χ3v) is 8.88. The van der Waals surface area contributed by atoms with Gasteiger partial charge in [-0.25, -0.2) is 12.8 Å². The van der Waals surface area contributed by atoms with Crippen molar-refractivity contribution in [2.24, 2.45) is 0 Å². The van der Waals surface area contributed by atoms with Gasteiger partial charge in [-0.15, -0.1) is 0 Å². The second-order valence-corrected chi connectivity index (χ2v) is 13.1. The van der Waals surface area contributed by atoms with Crippen LogP contribution < -0.4 is 9.62 Å². The van der Waals surface area contributed by atoms with Crippen LogP contribution in [0.15, 0.2) is 65.1 Å². The first-order valence-corrected chi connectivity index (χ1v) is 16.7. The van der Waals surface area contributed by atoms with Gasteiger partial charge in [0.1, 0.15) is 17.2 Å². The molecular weight excluding hydrogens is 599 g/mol. The smallest absolute Gasteiger partial charge is 0.255 e. The molecule has 1 aliphatic rings. The average molecular weight is 637 g/mol. The predicted molar refractivity (Wildman–Crippen MR) is 171 cm³/mol. The molecule has 1 fully saturated rings. The molecule has 4 aromatic rings. The quantitative estimate of drug-likeness (QED) is 0.124. The van der Waals surface area contributed by atoms with Gasteiger partial charge in [0, 0.05) is 42.8 Å². The van der Waals surface area contributed by atoms with E-state index in [1.807, 2.05) is 24.3 Å². The molecule has 3 aromatic carbocycles. The van der Waals surface area contributed by atoms with Crippen molar-refractivity contribution in [2.75, 3.05) is 44.0 Å². The van der Waals surface area contributed by atoms with Gasteiger partial charge in [0.15, 0.2) is 5.78 Å². The summed E-state index contributed by atoms with van der Waals surface area (Å²) in [7, 11) is -2.17. The molecule has 9 nitrogen and oxygen atoms in total. The second-order valence-electron chi connectivity index (χ2n) is 11.2. The van der Waals surface area contributed by atoms with Crippen LogP contribution >= 0.6 is 0 Å². The maximum Gasteiger partial charge on any atom is 0.255 e. The Bertz CT molecular complexity index is 1800. The Hall–Kier alpha value is -4.06. The number of hydrogen-bond donors (Lipinski definition) is 1. The number of carbonyl (C=O) groups excluding carboxylic acids is 2. The van der Waals surface area contributed by atoms with Crippen molar-refractivity contribution in [3.63, 3.8) is 0 Å². The Morgan fingerprint density at radius 2 is 1.76 bits per heavy atom. The Balaban J connectivity index is 1.29. The van der Waals surface area contributed by atoms with Gasteiger partial charge in [0.25, 0.3) is 5.91 Å². The maximum absolute atomic E-state index is 13.6. The van der Waals surface area contributed by atoms with E-state index >= 15 is 0 Å². The summed E-state index contributed by atoms with van der Waals surface area (Å²) in [4.78, 5) is 24.6. The first kappa shape index (κ1) is 32.3. The van der Waals surface area contributed by atoms with Crippen LogP contribution in [0, 0.1) is 5.82 Å². The number of ketones is 1. The Labute approximate surface area is 262 Å². The number of furan rings is 1. The van der Waals surface area contributed by atoms with Crippen molar-refractivity contribution < 1.29 is 36.3 Å². The lowest BCUT2D eigenvalue weighted by molar-refractivity contribution is 0.0785. The van der Waals surface area contributed by atoms with Crippen molar-refractivity contribution in [1.29, 1.82) is 0 Å². The lowest BCUT2D eigenvalue weighted by Crippen LogP contribution is -2.34. The predicted octanol–water partition coefficient (Wildman–Crippen LogP) is 6.07. The molecule has 1 heterocycles. The molecule has 1 aliphatic carbocycles. The van der Waals surface area contributed by atoms with Crippen LogP contribution in [0.25, 0.3) is 22.3 Å². The minimum Gasteiger partial charge on any atom is -0.455 e. The highest BCUT2D eigenvalue weighted by Gasteiger charge is 2.33. The zero-order chi connectivity index (χ0) is 32.1. The van der Waals surface area contributed by atoms with E-state index in [1.54, 1.807) is 24.3 Å². The molecule has 0 spiro atoms. The van der Waals surface area contributed by atoms with Gasteiger partial charge >= 0.3 is 0 Å². The molecule has 11 heteroatoms. The van der Waals surface area contributed by atoms with Gasteiger partial charge in [-0.2, -0.15) is 0 Å². The third kappa shape index (κ3) is 7.78. The van der Waals surface area contributed by atoms with Crippen molar-refractivity contribution in [3.8, 4) is 11.3 Å². The summed E-state index contributed by atoms with van der Waals surface area (Å²) in [5, 5.41) is 3.22. The minimum atomic E-state index is -3.70. The van der Waals surface area contributed by atoms with E-state index in [2.05, 4.69) is 5.32 Å². The number of hydrogen-bond acceptors (Lipinski definition) is 7. The van der Waals surface area contributed by atoms with Crippen LogP contribution in [-0.4, -0.2) is 59.8 Å². The normalized spacial score (nSPS) is 13.2. The zero-order valence-electron chi connectivity index (χ0n) is 25.6. The van der Waals surface area contributed by atoms with Crippen LogP contribution in [0.3, 0.4) is 0 Å². The van der Waals surface area contributed by atoms with Gasteiger partial charge in [-0.3, -0.25) is 13.9 Å². The summed E-state index contributed by atoms with van der Waals surface area (Å²) < 4.78 is 58.7. The Morgan fingerprint density at radius 1 is 1.02 bits per heavy atom. The number of anilines is 1. The van der Waals surface area contributed by atoms with E-state index in [-0.39, 0.29) is 36.5 Å². The van der Waals surface area contributed by atoms with Gasteiger partial charge in [-0.1, -0.05) is 18.2 Å². The average Bonchev–Trinajstić information content (AvgIpc) is 3.79. The molecule has 1 N–H and O–H groups in total. The van der Waals surface area contributed by atoms with Crippen molar-refractivity contribution >= 4 is 38.4 Å². The van der Waals surface area contributed by atoms with E-state index in [4.69, 9.17) is 13.9 Å². The molecule has 5 rings (SSSR count). The maximum atomic E-state index is 13.6. The Morgan fingerprint density at radius 3 is 2.42 bits per heavy atom. The number of fused-ring (bicyclic) bond motifs is 1. The van der Waals surface area contributed by atoms with Crippen LogP contribution in [0.2, 0.25) is 0 Å². The monoisotopic (exact) mass is 636 g/mol. The number of nitrogens with zero attached hydrogens (tertiary/aromatic N) is 1. The van der Waals surface area contributed by atoms with Gasteiger partial charge in [0.2, 0.25) is 10.0 Å². The first-order valence-electron chi connectivity index (χ1n) is 14.9. The van der Waals surface area contributed by atoms with Crippen molar-refractivity contribution in [1.82, 2.24) is 5.32 Å². The number of carbonyl (C=O) groups is 2. The number of halogens is 1. The molecule has 1 amide bonds. The molecular formula is C34H37FN2O7S. The molecule has 238 valence electrons. The first-order chi connectivity index (χ1) is 21.6. The molecule has 1 aromatic heterocycles. The summed E-state index contributed by atoms with van der Waals surface area (Å²) in [6.07, 6.45) is 3.59. The van der Waals surface area contributed by atoms with E-state index in [0.717, 1.165) is 30.2 Å². The fraction of sp³-hybridized carbons (Fsp3) is 0.353. The van der Waals surface area contributed by atoms with Crippen LogP contribution in [0.4, 0.5) is 10.1 Å². The van der Waals surface area contributed by atoms with E-state index in [0.29, 0.717) is 59.6 Å². The number of ether oxygens (including phenoxy) is 2. The number of amides is 1. The highest BCUT2D eigenvalue weighted by Crippen LogP contribution is 2.48. The SMILES string of the molecule is CNC(=O)c1c(-c2ccc(F)cc2)oc2cc(N(CCOCCCOCc3cccc(C(C)=O)c3)S(C)(=O)=O)c(C3CC3)cc12. The topological polar surface area (TPSA) is 115 Å². The van der Waals surface area contributed by atoms with Gasteiger partial charge in [0.05, 0.1) is 37.3 Å². The fourth-order valence-electron chi connectivity index (χ4n) is 5.29. The summed E-state index contributed by atoms with van der Waals surface area (Å²) in [5.41, 5.74) is 4.08. The van der Waals surface area contributed by atoms with Crippen LogP contribution in [0.5, 0.6) is 0 Å². The lowest BCUT2D eigenvalue weighted by Gasteiger charge is -2.25. The summed E-state index contributed by atoms with van der Waals surface area (Å²) in [5.74, 6) is -0.324. The van der Waals surface area contributed by atoms with Crippen molar-refractivity contribution in [3.05, 3.63) is 88.7 Å². The molecule has 0 saturated heterocycles. The third-order valence-electron chi connectivity index (χ3n) is 7.70. The highest BCUT2D eigenvalue weighted by molar-refractivity contribution is 7.92. The van der Waals surface area contributed by atoms with Crippen molar-refractivity contribution in [2.45, 2.75) is 38.7 Å². The van der Waals surface area contributed by atoms with Gasteiger partial charge in [-0.05, 0) is 79.6 Å². The minimum absolute atomic E-state index is 0.00473. The highest BCUT2D eigenvalue weighted by atomic mass is 32.2. The Kier molecular flexibility index (Phi) is 10.0. The largest absolute Gasteiger partial charge is 0.455 e. The fourth-order valence-corrected chi connectivity index (χ4v) is 6.21. The number of Topliss-reactive ketones (excluding diaryl/α,β-unsaturated/α-hetero) is 1. The molecule has 0 radical (unpaired) electrons. The molecule has 0 aliphatic heterocycles. The van der Waals surface area contributed by atoms with Crippen LogP contribution in [0.1, 0.15) is 63.9 Å². The van der Waals surface area contributed by atoms with Gasteiger partial charge < -0.3 is 19.2 Å².